The molecule has 4 rings (SSSR count). The summed E-state index contributed by atoms with van der Waals surface area (Å²) in [6, 6.07) is 10.1. The van der Waals surface area contributed by atoms with Crippen molar-refractivity contribution in [3.63, 3.8) is 0 Å². The molecule has 0 spiro atoms. The number of esters is 1. The molecular formula is C28H31FN2O4. The molecule has 0 amide bonds. The Morgan fingerprint density at radius 1 is 1.14 bits per heavy atom. The van der Waals surface area contributed by atoms with Gasteiger partial charge in [-0.15, -0.1) is 0 Å². The summed E-state index contributed by atoms with van der Waals surface area (Å²) in [5.74, 6) is -1.95. The number of halogens is 1. The van der Waals surface area contributed by atoms with Crippen LogP contribution in [0, 0.1) is 29.0 Å². The number of aryl methyl sites for hydroxylation is 1. The topological polar surface area (TPSA) is 100 Å². The minimum atomic E-state index is -0.933. The zero-order valence-electron chi connectivity index (χ0n) is 20.2. The predicted octanol–water partition coefficient (Wildman–Crippen LogP) is 4.55. The largest absolute Gasteiger partial charge is 0.458 e. The standard InChI is InChI=1S/C28H31FN2O4/c1-27(2,17-30)22-8-7-18(14-23(22)29)9-11-28(20-5-3-4-6-20)16-24(32)21(26(34)35-28)13-19-10-12-31-25(33)15-19/h7-8,10,12,14-15,20-21H,3-6,9,11,13,16H2,1-2H3,(H,31,33). The van der Waals surface area contributed by atoms with Gasteiger partial charge in [0.2, 0.25) is 5.56 Å². The third-order valence-corrected chi connectivity index (χ3v) is 7.65. The number of rotatable bonds is 7. The first-order valence-corrected chi connectivity index (χ1v) is 12.3. The minimum absolute atomic E-state index is 0.0950. The van der Waals surface area contributed by atoms with Crippen LogP contribution in [0.1, 0.15) is 69.1 Å². The number of hydrogen-bond donors (Lipinski definition) is 1. The number of ketones is 1. The summed E-state index contributed by atoms with van der Waals surface area (Å²) in [4.78, 5) is 40.5. The monoisotopic (exact) mass is 478 g/mol. The number of nitriles is 1. The lowest BCUT2D eigenvalue weighted by Gasteiger charge is -2.43. The summed E-state index contributed by atoms with van der Waals surface area (Å²) in [5.41, 5.74) is -0.402. The molecular weight excluding hydrogens is 447 g/mol. The second kappa shape index (κ2) is 9.77. The van der Waals surface area contributed by atoms with Crippen molar-refractivity contribution in [2.24, 2.45) is 11.8 Å². The van der Waals surface area contributed by atoms with E-state index in [4.69, 9.17) is 4.74 Å². The molecule has 0 radical (unpaired) electrons. The number of cyclic esters (lactones) is 1. The molecule has 2 aliphatic rings. The number of pyridine rings is 1. The van der Waals surface area contributed by atoms with Gasteiger partial charge in [0.1, 0.15) is 17.3 Å². The van der Waals surface area contributed by atoms with Gasteiger partial charge in [-0.25, -0.2) is 4.39 Å². The summed E-state index contributed by atoms with van der Waals surface area (Å²) in [7, 11) is 0. The van der Waals surface area contributed by atoms with Crippen molar-refractivity contribution in [1.82, 2.24) is 4.98 Å². The first-order chi connectivity index (χ1) is 16.6. The number of aromatic amines is 1. The van der Waals surface area contributed by atoms with Crippen molar-refractivity contribution in [3.8, 4) is 6.07 Å². The van der Waals surface area contributed by atoms with Crippen LogP contribution < -0.4 is 5.56 Å². The van der Waals surface area contributed by atoms with E-state index in [1.165, 1.54) is 18.3 Å². The van der Waals surface area contributed by atoms with E-state index in [9.17, 15) is 24.0 Å². The summed E-state index contributed by atoms with van der Waals surface area (Å²) in [5, 5.41) is 9.33. The molecule has 2 heterocycles. The molecule has 1 aromatic carbocycles. The van der Waals surface area contributed by atoms with Gasteiger partial charge in [0.25, 0.3) is 0 Å². The smallest absolute Gasteiger partial charge is 0.317 e. The Labute approximate surface area is 204 Å². The Bertz CT molecular complexity index is 1200. The number of nitrogens with one attached hydrogen (secondary N) is 1. The lowest BCUT2D eigenvalue weighted by atomic mass is 9.73. The van der Waals surface area contributed by atoms with E-state index in [1.807, 2.05) is 6.07 Å². The fraction of sp³-hybridized carbons (Fsp3) is 0.500. The molecule has 2 unspecified atom stereocenters. The molecule has 2 atom stereocenters. The van der Waals surface area contributed by atoms with Crippen LogP contribution in [-0.4, -0.2) is 22.3 Å². The van der Waals surface area contributed by atoms with Gasteiger partial charge >= 0.3 is 5.97 Å². The van der Waals surface area contributed by atoms with Crippen molar-refractivity contribution in [2.75, 3.05) is 0 Å². The van der Waals surface area contributed by atoms with Gasteiger partial charge < -0.3 is 9.72 Å². The molecule has 2 aromatic rings. The maximum Gasteiger partial charge on any atom is 0.317 e. The van der Waals surface area contributed by atoms with Crippen LogP contribution in [-0.2, 0) is 32.6 Å². The average molecular weight is 479 g/mol. The van der Waals surface area contributed by atoms with E-state index in [-0.39, 0.29) is 30.1 Å². The van der Waals surface area contributed by atoms with Gasteiger partial charge in [0, 0.05) is 24.2 Å². The zero-order chi connectivity index (χ0) is 25.2. The summed E-state index contributed by atoms with van der Waals surface area (Å²) in [6.07, 6.45) is 6.52. The Morgan fingerprint density at radius 2 is 1.89 bits per heavy atom. The third kappa shape index (κ3) is 5.22. The Hall–Kier alpha value is -3.27. The first-order valence-electron chi connectivity index (χ1n) is 12.3. The van der Waals surface area contributed by atoms with Crippen LogP contribution in [0.15, 0.2) is 41.3 Å². The average Bonchev–Trinajstić information content (AvgIpc) is 3.36. The second-order valence-electron chi connectivity index (χ2n) is 10.5. The first kappa shape index (κ1) is 24.8. The number of aromatic nitrogens is 1. The van der Waals surface area contributed by atoms with Gasteiger partial charge in [-0.2, -0.15) is 5.26 Å². The summed E-state index contributed by atoms with van der Waals surface area (Å²) < 4.78 is 20.9. The van der Waals surface area contributed by atoms with E-state index in [0.29, 0.717) is 24.0 Å². The van der Waals surface area contributed by atoms with E-state index in [2.05, 4.69) is 11.1 Å². The quantitative estimate of drug-likeness (QED) is 0.465. The van der Waals surface area contributed by atoms with Crippen LogP contribution in [0.2, 0.25) is 0 Å². The van der Waals surface area contributed by atoms with Crippen molar-refractivity contribution in [3.05, 3.63) is 69.4 Å². The normalized spacial score (nSPS) is 23.2. The molecule has 7 heteroatoms. The molecule has 1 aromatic heterocycles. The molecule has 2 fully saturated rings. The molecule has 1 N–H and O–H groups in total. The molecule has 0 bridgehead atoms. The van der Waals surface area contributed by atoms with Crippen molar-refractivity contribution in [2.45, 2.75) is 76.2 Å². The van der Waals surface area contributed by atoms with Crippen LogP contribution in [0.4, 0.5) is 4.39 Å². The Kier molecular flexibility index (Phi) is 6.93. The third-order valence-electron chi connectivity index (χ3n) is 7.65. The van der Waals surface area contributed by atoms with Crippen LogP contribution in [0.25, 0.3) is 0 Å². The van der Waals surface area contributed by atoms with Crippen LogP contribution in [0.3, 0.4) is 0 Å². The number of nitrogens with zero attached hydrogens (tertiary/aromatic N) is 1. The molecule has 1 saturated heterocycles. The van der Waals surface area contributed by atoms with Crippen molar-refractivity contribution >= 4 is 11.8 Å². The SMILES string of the molecule is CC(C)(C#N)c1ccc(CCC2(C3CCCC3)CC(=O)C(Cc3cc[nH]c(=O)c3)C(=O)O2)cc1F. The van der Waals surface area contributed by atoms with Crippen molar-refractivity contribution in [1.29, 1.82) is 5.26 Å². The van der Waals surface area contributed by atoms with Gasteiger partial charge in [0.05, 0.1) is 11.5 Å². The second-order valence-corrected chi connectivity index (χ2v) is 10.5. The van der Waals surface area contributed by atoms with Gasteiger partial charge in [-0.1, -0.05) is 25.0 Å². The highest BCUT2D eigenvalue weighted by Crippen LogP contribution is 2.45. The number of hydrogen-bond acceptors (Lipinski definition) is 5. The molecule has 184 valence electrons. The number of Topliss-reactive ketones (excluding diaryl/α,β-unsaturated/α-hetero) is 1. The number of carbonyl (C=O) groups excluding carboxylic acids is 2. The van der Waals surface area contributed by atoms with Gasteiger partial charge in [-0.3, -0.25) is 14.4 Å². The lowest BCUT2D eigenvalue weighted by molar-refractivity contribution is -0.185. The van der Waals surface area contributed by atoms with Crippen molar-refractivity contribution < 1.29 is 18.7 Å². The number of carbonyl (C=O) groups is 2. The van der Waals surface area contributed by atoms with E-state index in [0.717, 1.165) is 31.2 Å². The Balaban J connectivity index is 1.53. The lowest BCUT2D eigenvalue weighted by Crippen LogP contribution is -2.52. The highest BCUT2D eigenvalue weighted by molar-refractivity contribution is 6.01. The fourth-order valence-corrected chi connectivity index (χ4v) is 5.57. The summed E-state index contributed by atoms with van der Waals surface area (Å²) in [6.45, 7) is 3.35. The zero-order valence-corrected chi connectivity index (χ0v) is 20.2. The minimum Gasteiger partial charge on any atom is -0.458 e. The van der Waals surface area contributed by atoms with Gasteiger partial charge in [0.15, 0.2) is 5.78 Å². The van der Waals surface area contributed by atoms with Gasteiger partial charge in [-0.05, 0) is 75.1 Å². The highest BCUT2D eigenvalue weighted by atomic mass is 19.1. The number of ether oxygens (including phenoxy) is 1. The molecule has 1 aliphatic heterocycles. The van der Waals surface area contributed by atoms with Crippen LogP contribution in [0.5, 0.6) is 0 Å². The van der Waals surface area contributed by atoms with Crippen LogP contribution >= 0.6 is 0 Å². The maximum absolute atomic E-state index is 14.8. The number of H-pyrrole nitrogens is 1. The Morgan fingerprint density at radius 3 is 2.51 bits per heavy atom. The molecule has 1 aliphatic carbocycles. The highest BCUT2D eigenvalue weighted by Gasteiger charge is 2.51. The van der Waals surface area contributed by atoms with E-state index in [1.54, 1.807) is 26.0 Å². The van der Waals surface area contributed by atoms with E-state index >= 15 is 0 Å². The molecule has 1 saturated carbocycles. The maximum atomic E-state index is 14.8. The molecule has 6 nitrogen and oxygen atoms in total. The number of benzene rings is 1. The summed E-state index contributed by atoms with van der Waals surface area (Å²) >= 11 is 0. The fourth-order valence-electron chi connectivity index (χ4n) is 5.57. The predicted molar refractivity (Wildman–Crippen MR) is 128 cm³/mol. The molecule has 35 heavy (non-hydrogen) atoms. The van der Waals surface area contributed by atoms with E-state index < -0.39 is 28.7 Å².